The molecule has 8 nitrogen and oxygen atoms in total. The van der Waals surface area contributed by atoms with E-state index in [9.17, 15) is 4.79 Å². The maximum atomic E-state index is 12.5. The van der Waals surface area contributed by atoms with Gasteiger partial charge in [-0.25, -0.2) is 9.67 Å². The molecule has 1 aromatic carbocycles. The molecule has 0 atom stereocenters. The van der Waals surface area contributed by atoms with Crippen LogP contribution in [0.15, 0.2) is 53.2 Å². The Balaban J connectivity index is 1.48. The summed E-state index contributed by atoms with van der Waals surface area (Å²) in [5, 5.41) is 11.0. The van der Waals surface area contributed by atoms with Crippen molar-refractivity contribution in [3.05, 3.63) is 82.8 Å². The fourth-order valence-electron chi connectivity index (χ4n) is 3.03. The Labute approximate surface area is 174 Å². The van der Waals surface area contributed by atoms with Crippen molar-refractivity contribution in [2.45, 2.75) is 33.9 Å². The molecule has 0 aliphatic rings. The second kappa shape index (κ2) is 8.28. The average molecular weight is 402 g/mol. The van der Waals surface area contributed by atoms with Crippen LogP contribution in [0.5, 0.6) is 0 Å². The number of rotatable bonds is 6. The molecular weight excluding hydrogens is 380 g/mol. The number of carbonyl (C=O) groups excluding carboxylic acids is 1. The van der Waals surface area contributed by atoms with E-state index in [0.717, 1.165) is 16.8 Å². The third-order valence-corrected chi connectivity index (χ3v) is 4.86. The van der Waals surface area contributed by atoms with Crippen molar-refractivity contribution in [1.82, 2.24) is 30.3 Å². The number of nitrogens with one attached hydrogen (secondary N) is 1. The lowest BCUT2D eigenvalue weighted by Crippen LogP contribution is -2.24. The van der Waals surface area contributed by atoms with Crippen molar-refractivity contribution in [1.29, 1.82) is 0 Å². The number of aromatic nitrogens is 5. The Morgan fingerprint density at radius 1 is 1.13 bits per heavy atom. The van der Waals surface area contributed by atoms with Crippen LogP contribution in [-0.4, -0.2) is 30.9 Å². The molecule has 0 fully saturated rings. The molecule has 0 unspecified atom stereocenters. The Kier molecular flexibility index (Phi) is 5.38. The number of pyridine rings is 1. The van der Waals surface area contributed by atoms with Crippen molar-refractivity contribution in [2.24, 2.45) is 0 Å². The molecule has 0 bridgehead atoms. The third kappa shape index (κ3) is 4.12. The molecule has 4 rings (SSSR count). The quantitative estimate of drug-likeness (QED) is 0.532. The van der Waals surface area contributed by atoms with Crippen molar-refractivity contribution >= 4 is 5.91 Å². The van der Waals surface area contributed by atoms with Crippen LogP contribution in [0.2, 0.25) is 0 Å². The molecule has 0 aliphatic heterocycles. The Hall–Kier alpha value is -3.81. The molecule has 30 heavy (non-hydrogen) atoms. The van der Waals surface area contributed by atoms with Gasteiger partial charge in [0, 0.05) is 24.5 Å². The monoisotopic (exact) mass is 402 g/mol. The zero-order valence-electron chi connectivity index (χ0n) is 17.1. The van der Waals surface area contributed by atoms with Crippen molar-refractivity contribution in [3.8, 4) is 11.5 Å². The summed E-state index contributed by atoms with van der Waals surface area (Å²) < 4.78 is 7.49. The largest absolute Gasteiger partial charge is 0.441 e. The molecule has 0 aliphatic carbocycles. The van der Waals surface area contributed by atoms with Gasteiger partial charge in [-0.1, -0.05) is 29.0 Å². The van der Waals surface area contributed by atoms with E-state index in [4.69, 9.17) is 4.42 Å². The zero-order chi connectivity index (χ0) is 21.1. The molecule has 1 amide bonds. The molecule has 3 heterocycles. The minimum atomic E-state index is -0.278. The maximum absolute atomic E-state index is 12.5. The van der Waals surface area contributed by atoms with Gasteiger partial charge in [0.05, 0.1) is 12.2 Å². The first-order valence-corrected chi connectivity index (χ1v) is 9.62. The van der Waals surface area contributed by atoms with Crippen LogP contribution in [0, 0.1) is 20.8 Å². The van der Waals surface area contributed by atoms with Crippen molar-refractivity contribution < 1.29 is 9.21 Å². The highest BCUT2D eigenvalue weighted by molar-refractivity contribution is 5.93. The molecule has 1 N–H and O–H groups in total. The van der Waals surface area contributed by atoms with E-state index in [0.29, 0.717) is 36.1 Å². The van der Waals surface area contributed by atoms with Gasteiger partial charge in [0.2, 0.25) is 5.89 Å². The summed E-state index contributed by atoms with van der Waals surface area (Å²) in [5.41, 5.74) is 4.71. The number of oxazole rings is 1. The number of aryl methyl sites for hydroxylation is 2. The standard InChI is InChI=1S/C22H22N6O2/c1-14-6-8-18(9-7-14)22-25-19(16(3)30-22)13-28-15(2)20(26-27-28)21(29)24-12-17-5-4-10-23-11-17/h4-11H,12-13H2,1-3H3,(H,24,29). The summed E-state index contributed by atoms with van der Waals surface area (Å²) >= 11 is 0. The van der Waals surface area contributed by atoms with E-state index in [1.807, 2.05) is 57.2 Å². The summed E-state index contributed by atoms with van der Waals surface area (Å²) in [7, 11) is 0. The number of amides is 1. The molecule has 8 heteroatoms. The molecule has 0 radical (unpaired) electrons. The second-order valence-corrected chi connectivity index (χ2v) is 7.11. The molecule has 4 aromatic rings. The maximum Gasteiger partial charge on any atom is 0.274 e. The molecular formula is C22H22N6O2. The Morgan fingerprint density at radius 2 is 1.93 bits per heavy atom. The summed E-state index contributed by atoms with van der Waals surface area (Å²) in [6, 6.07) is 11.7. The fraction of sp³-hybridized carbons (Fsp3) is 0.227. The highest BCUT2D eigenvalue weighted by Gasteiger charge is 2.19. The highest BCUT2D eigenvalue weighted by atomic mass is 16.4. The normalized spacial score (nSPS) is 10.9. The van der Waals surface area contributed by atoms with E-state index < -0.39 is 0 Å². The number of benzene rings is 1. The summed E-state index contributed by atoms with van der Waals surface area (Å²) in [6.07, 6.45) is 3.40. The van der Waals surface area contributed by atoms with Crippen LogP contribution >= 0.6 is 0 Å². The zero-order valence-corrected chi connectivity index (χ0v) is 17.1. The summed E-state index contributed by atoms with van der Waals surface area (Å²) in [4.78, 5) is 21.2. The number of carbonyl (C=O) groups is 1. The van der Waals surface area contributed by atoms with Crippen LogP contribution in [0.25, 0.3) is 11.5 Å². The minimum Gasteiger partial charge on any atom is -0.441 e. The number of hydrogen-bond acceptors (Lipinski definition) is 6. The predicted molar refractivity (Wildman–Crippen MR) is 111 cm³/mol. The first-order valence-electron chi connectivity index (χ1n) is 9.62. The van der Waals surface area contributed by atoms with Crippen LogP contribution in [0.4, 0.5) is 0 Å². The van der Waals surface area contributed by atoms with Gasteiger partial charge in [0.25, 0.3) is 5.91 Å². The molecule has 152 valence electrons. The number of hydrogen-bond donors (Lipinski definition) is 1. The van der Waals surface area contributed by atoms with E-state index in [2.05, 4.69) is 25.6 Å². The number of nitrogens with zero attached hydrogens (tertiary/aromatic N) is 5. The average Bonchev–Trinajstić information content (AvgIpc) is 3.30. The van der Waals surface area contributed by atoms with Gasteiger partial charge in [-0.05, 0) is 44.5 Å². The molecule has 0 saturated heterocycles. The minimum absolute atomic E-state index is 0.278. The molecule has 3 aromatic heterocycles. The van der Waals surface area contributed by atoms with E-state index in [1.54, 1.807) is 17.1 Å². The van der Waals surface area contributed by atoms with E-state index >= 15 is 0 Å². The van der Waals surface area contributed by atoms with Crippen molar-refractivity contribution in [3.63, 3.8) is 0 Å². The molecule has 0 spiro atoms. The van der Waals surface area contributed by atoms with E-state index in [-0.39, 0.29) is 5.91 Å². The third-order valence-electron chi connectivity index (χ3n) is 4.86. The van der Waals surface area contributed by atoms with Gasteiger partial charge < -0.3 is 9.73 Å². The second-order valence-electron chi connectivity index (χ2n) is 7.11. The van der Waals surface area contributed by atoms with Crippen molar-refractivity contribution in [2.75, 3.05) is 0 Å². The lowest BCUT2D eigenvalue weighted by atomic mass is 10.1. The first-order chi connectivity index (χ1) is 14.5. The first kappa shape index (κ1) is 19.5. The van der Waals surface area contributed by atoms with Crippen LogP contribution in [0.3, 0.4) is 0 Å². The van der Waals surface area contributed by atoms with Crippen LogP contribution in [-0.2, 0) is 13.1 Å². The smallest absolute Gasteiger partial charge is 0.274 e. The van der Waals surface area contributed by atoms with Crippen LogP contribution in [0.1, 0.15) is 38.8 Å². The SMILES string of the molecule is Cc1ccc(-c2nc(Cn3nnc(C(=O)NCc4cccnc4)c3C)c(C)o2)cc1. The van der Waals surface area contributed by atoms with Gasteiger partial charge >= 0.3 is 0 Å². The lowest BCUT2D eigenvalue weighted by Gasteiger charge is -2.04. The van der Waals surface area contributed by atoms with Crippen LogP contribution < -0.4 is 5.32 Å². The Bertz CT molecular complexity index is 1160. The van der Waals surface area contributed by atoms with Gasteiger partial charge in [-0.15, -0.1) is 5.10 Å². The van der Waals surface area contributed by atoms with Gasteiger partial charge in [-0.2, -0.15) is 0 Å². The fourth-order valence-corrected chi connectivity index (χ4v) is 3.03. The topological polar surface area (TPSA) is 98.7 Å². The van der Waals surface area contributed by atoms with Gasteiger partial charge in [-0.3, -0.25) is 9.78 Å². The Morgan fingerprint density at radius 3 is 2.67 bits per heavy atom. The highest BCUT2D eigenvalue weighted by Crippen LogP contribution is 2.23. The van der Waals surface area contributed by atoms with Gasteiger partial charge in [0.1, 0.15) is 11.5 Å². The van der Waals surface area contributed by atoms with Gasteiger partial charge in [0.15, 0.2) is 5.69 Å². The molecule has 0 saturated carbocycles. The predicted octanol–water partition coefficient (Wildman–Crippen LogP) is 3.23. The lowest BCUT2D eigenvalue weighted by molar-refractivity contribution is 0.0945. The van der Waals surface area contributed by atoms with E-state index in [1.165, 1.54) is 5.56 Å². The summed E-state index contributed by atoms with van der Waals surface area (Å²) in [5.74, 6) is 0.998. The summed E-state index contributed by atoms with van der Waals surface area (Å²) in [6.45, 7) is 6.47.